The minimum Gasteiger partial charge on any atom is -0.462 e. The van der Waals surface area contributed by atoms with E-state index in [9.17, 15) is 4.79 Å². The van der Waals surface area contributed by atoms with E-state index in [1.165, 1.54) is 6.42 Å². The van der Waals surface area contributed by atoms with Crippen molar-refractivity contribution in [3.8, 4) is 5.69 Å². The molecule has 1 saturated carbocycles. The molecule has 2 aromatic carbocycles. The lowest BCUT2D eigenvalue weighted by Gasteiger charge is -2.37. The second-order valence-corrected chi connectivity index (χ2v) is 7.32. The van der Waals surface area contributed by atoms with Crippen molar-refractivity contribution in [1.29, 1.82) is 0 Å². The zero-order valence-corrected chi connectivity index (χ0v) is 16.5. The molecule has 1 heterocycles. The topological polar surface area (TPSA) is 81.9 Å². The van der Waals surface area contributed by atoms with Gasteiger partial charge < -0.3 is 10.1 Å². The molecule has 7 nitrogen and oxygen atoms in total. The summed E-state index contributed by atoms with van der Waals surface area (Å²) in [4.78, 5) is 12.2. The van der Waals surface area contributed by atoms with Crippen molar-refractivity contribution in [2.45, 2.75) is 44.6 Å². The van der Waals surface area contributed by atoms with Gasteiger partial charge in [0.1, 0.15) is 0 Å². The van der Waals surface area contributed by atoms with Crippen LogP contribution in [-0.4, -0.2) is 32.8 Å². The summed E-state index contributed by atoms with van der Waals surface area (Å²) in [6, 6.07) is 17.4. The number of benzene rings is 2. The molecule has 1 fully saturated rings. The van der Waals surface area contributed by atoms with Crippen LogP contribution in [0.4, 0.5) is 5.69 Å². The Balaban J connectivity index is 1.73. The van der Waals surface area contributed by atoms with E-state index < -0.39 is 0 Å². The van der Waals surface area contributed by atoms with E-state index in [0.29, 0.717) is 12.2 Å². The summed E-state index contributed by atoms with van der Waals surface area (Å²) in [5, 5.41) is 16.4. The van der Waals surface area contributed by atoms with Crippen molar-refractivity contribution >= 4 is 11.7 Å². The minimum absolute atomic E-state index is 0.337. The zero-order chi connectivity index (χ0) is 20.1. The van der Waals surface area contributed by atoms with E-state index in [0.717, 1.165) is 42.9 Å². The quantitative estimate of drug-likeness (QED) is 0.637. The van der Waals surface area contributed by atoms with Crippen LogP contribution in [0.25, 0.3) is 5.69 Å². The SMILES string of the molecule is CCOC(=O)c1cccc(-n2nnnc2C2(Nc3ccccc3)CCCCC2)c1. The summed E-state index contributed by atoms with van der Waals surface area (Å²) >= 11 is 0. The van der Waals surface area contributed by atoms with Crippen molar-refractivity contribution in [3.05, 3.63) is 66.0 Å². The maximum absolute atomic E-state index is 12.2. The van der Waals surface area contributed by atoms with Crippen LogP contribution in [-0.2, 0) is 10.3 Å². The Morgan fingerprint density at radius 3 is 2.66 bits per heavy atom. The lowest BCUT2D eigenvalue weighted by molar-refractivity contribution is 0.0526. The molecular weight excluding hydrogens is 366 g/mol. The van der Waals surface area contributed by atoms with Crippen LogP contribution in [0, 0.1) is 0 Å². The van der Waals surface area contributed by atoms with Gasteiger partial charge >= 0.3 is 5.97 Å². The molecule has 3 aromatic rings. The largest absolute Gasteiger partial charge is 0.462 e. The Labute approximate surface area is 170 Å². The number of hydrogen-bond donors (Lipinski definition) is 1. The maximum Gasteiger partial charge on any atom is 0.338 e. The third-order valence-corrected chi connectivity index (χ3v) is 5.36. The van der Waals surface area contributed by atoms with Gasteiger partial charge in [0.25, 0.3) is 0 Å². The molecule has 29 heavy (non-hydrogen) atoms. The number of nitrogens with zero attached hydrogens (tertiary/aromatic N) is 4. The average Bonchev–Trinajstić information content (AvgIpc) is 3.26. The first-order valence-electron chi connectivity index (χ1n) is 10.1. The molecule has 0 saturated heterocycles. The van der Waals surface area contributed by atoms with Gasteiger partial charge in [0, 0.05) is 5.69 Å². The van der Waals surface area contributed by atoms with Crippen LogP contribution in [0.3, 0.4) is 0 Å². The number of aromatic nitrogens is 4. The van der Waals surface area contributed by atoms with E-state index in [1.807, 2.05) is 30.3 Å². The molecule has 0 radical (unpaired) electrons. The number of anilines is 1. The summed E-state index contributed by atoms with van der Waals surface area (Å²) in [5.74, 6) is 0.417. The van der Waals surface area contributed by atoms with Gasteiger partial charge in [-0.25, -0.2) is 4.79 Å². The van der Waals surface area contributed by atoms with Crippen molar-refractivity contribution in [2.75, 3.05) is 11.9 Å². The fourth-order valence-corrected chi connectivity index (χ4v) is 4.00. The molecule has 150 valence electrons. The molecule has 4 rings (SSSR count). The van der Waals surface area contributed by atoms with Crippen LogP contribution in [0.1, 0.15) is 55.2 Å². The number of rotatable bonds is 6. The van der Waals surface area contributed by atoms with E-state index in [1.54, 1.807) is 23.7 Å². The molecule has 1 aliphatic rings. The summed E-state index contributed by atoms with van der Waals surface area (Å²) in [6.07, 6.45) is 5.31. The van der Waals surface area contributed by atoms with Gasteiger partial charge in [0.05, 0.1) is 23.4 Å². The molecule has 0 bridgehead atoms. The minimum atomic E-state index is -0.358. The fraction of sp³-hybridized carbons (Fsp3) is 0.364. The summed E-state index contributed by atoms with van der Waals surface area (Å²) in [5.41, 5.74) is 1.92. The van der Waals surface area contributed by atoms with Gasteiger partial charge in [-0.2, -0.15) is 4.68 Å². The highest BCUT2D eigenvalue weighted by molar-refractivity contribution is 5.90. The van der Waals surface area contributed by atoms with E-state index in [2.05, 4.69) is 33.0 Å². The molecule has 0 spiro atoms. The van der Waals surface area contributed by atoms with Gasteiger partial charge in [-0.3, -0.25) is 0 Å². The van der Waals surface area contributed by atoms with Crippen LogP contribution >= 0.6 is 0 Å². The highest BCUT2D eigenvalue weighted by Gasteiger charge is 2.39. The predicted octanol–water partition coefficient (Wildman–Crippen LogP) is 4.11. The number of hydrogen-bond acceptors (Lipinski definition) is 6. The number of nitrogens with one attached hydrogen (secondary N) is 1. The van der Waals surface area contributed by atoms with E-state index >= 15 is 0 Å². The molecular formula is C22H25N5O2. The van der Waals surface area contributed by atoms with Crippen molar-refractivity contribution < 1.29 is 9.53 Å². The molecule has 0 unspecified atom stereocenters. The van der Waals surface area contributed by atoms with Crippen LogP contribution in [0.2, 0.25) is 0 Å². The van der Waals surface area contributed by atoms with Crippen molar-refractivity contribution in [1.82, 2.24) is 20.2 Å². The molecule has 1 N–H and O–H groups in total. The van der Waals surface area contributed by atoms with Gasteiger partial charge in [0.15, 0.2) is 5.82 Å². The average molecular weight is 391 g/mol. The third kappa shape index (κ3) is 3.99. The molecule has 0 aliphatic heterocycles. The Kier molecular flexibility index (Phi) is 5.55. The zero-order valence-electron chi connectivity index (χ0n) is 16.5. The molecule has 7 heteroatoms. The third-order valence-electron chi connectivity index (χ3n) is 5.36. The van der Waals surface area contributed by atoms with Crippen molar-refractivity contribution in [2.24, 2.45) is 0 Å². The Morgan fingerprint density at radius 2 is 1.90 bits per heavy atom. The first kappa shape index (κ1) is 19.1. The monoisotopic (exact) mass is 391 g/mol. The second-order valence-electron chi connectivity index (χ2n) is 7.32. The summed E-state index contributed by atoms with van der Waals surface area (Å²) in [7, 11) is 0. The molecule has 1 aromatic heterocycles. The highest BCUT2D eigenvalue weighted by atomic mass is 16.5. The molecule has 1 aliphatic carbocycles. The Hall–Kier alpha value is -3.22. The summed E-state index contributed by atoms with van der Waals surface area (Å²) < 4.78 is 6.87. The van der Waals surface area contributed by atoms with Gasteiger partial charge in [-0.05, 0) is 60.5 Å². The number of carbonyl (C=O) groups excluding carboxylic acids is 1. The smallest absolute Gasteiger partial charge is 0.338 e. The Morgan fingerprint density at radius 1 is 1.10 bits per heavy atom. The fourth-order valence-electron chi connectivity index (χ4n) is 4.00. The van der Waals surface area contributed by atoms with Crippen molar-refractivity contribution in [3.63, 3.8) is 0 Å². The lowest BCUT2D eigenvalue weighted by atomic mass is 9.80. The van der Waals surface area contributed by atoms with Crippen LogP contribution < -0.4 is 5.32 Å². The summed E-state index contributed by atoms with van der Waals surface area (Å²) in [6.45, 7) is 2.13. The van der Waals surface area contributed by atoms with Gasteiger partial charge in [0.2, 0.25) is 0 Å². The van der Waals surface area contributed by atoms with Crippen LogP contribution in [0.15, 0.2) is 54.6 Å². The predicted molar refractivity (Wildman–Crippen MR) is 110 cm³/mol. The van der Waals surface area contributed by atoms with Crippen LogP contribution in [0.5, 0.6) is 0 Å². The second kappa shape index (κ2) is 8.43. The van der Waals surface area contributed by atoms with Gasteiger partial charge in [-0.15, -0.1) is 5.10 Å². The first-order chi connectivity index (χ1) is 14.2. The van der Waals surface area contributed by atoms with E-state index in [-0.39, 0.29) is 11.5 Å². The maximum atomic E-state index is 12.2. The Bertz CT molecular complexity index is 964. The molecule has 0 atom stereocenters. The highest BCUT2D eigenvalue weighted by Crippen LogP contribution is 2.39. The normalized spacial score (nSPS) is 15.6. The van der Waals surface area contributed by atoms with Gasteiger partial charge in [-0.1, -0.05) is 43.5 Å². The molecule has 0 amide bonds. The van der Waals surface area contributed by atoms with E-state index in [4.69, 9.17) is 4.74 Å². The number of para-hydroxylation sites is 1. The number of tetrazole rings is 1. The number of ether oxygens (including phenoxy) is 1. The number of carbonyl (C=O) groups is 1. The number of esters is 1. The first-order valence-corrected chi connectivity index (χ1v) is 10.1. The lowest BCUT2D eigenvalue weighted by Crippen LogP contribution is -2.40. The standard InChI is InChI=1S/C22H25N5O2/c1-2-29-20(28)17-10-9-13-19(16-17)27-21(24-25-26-27)22(14-7-4-8-15-22)23-18-11-5-3-6-12-18/h3,5-6,9-13,16,23H,2,4,7-8,14-15H2,1H3.